The molecule has 1 saturated heterocycles. The summed E-state index contributed by atoms with van der Waals surface area (Å²) in [5.74, 6) is 1.82. The Balaban J connectivity index is 1.28. The number of nitrogens with zero attached hydrogens (tertiary/aromatic N) is 5. The van der Waals surface area contributed by atoms with Crippen molar-refractivity contribution in [3.63, 3.8) is 0 Å². The number of methoxy groups -OCH3 is 1. The predicted octanol–water partition coefficient (Wildman–Crippen LogP) is 4.24. The van der Waals surface area contributed by atoms with Gasteiger partial charge < -0.3 is 29.7 Å². The summed E-state index contributed by atoms with van der Waals surface area (Å²) in [4.78, 5) is 27.0. The second-order valence-corrected chi connectivity index (χ2v) is 9.52. The zero-order chi connectivity index (χ0) is 26.5. The van der Waals surface area contributed by atoms with E-state index in [0.29, 0.717) is 24.0 Å². The number of benzene rings is 2. The maximum absolute atomic E-state index is 13.2. The summed E-state index contributed by atoms with van der Waals surface area (Å²) in [5, 5.41) is 6.49. The van der Waals surface area contributed by atoms with Gasteiger partial charge in [0.25, 0.3) is 5.56 Å². The number of anilines is 5. The second kappa shape index (κ2) is 11.4. The van der Waals surface area contributed by atoms with Crippen molar-refractivity contribution in [3.8, 4) is 5.75 Å². The Morgan fingerprint density at radius 2 is 1.68 bits per heavy atom. The molecule has 0 aliphatic carbocycles. The van der Waals surface area contributed by atoms with E-state index in [-0.39, 0.29) is 5.56 Å². The molecule has 0 atom stereocenters. The number of aryl methyl sites for hydroxylation is 1. The van der Waals surface area contributed by atoms with E-state index in [1.54, 1.807) is 30.1 Å². The third-order valence-electron chi connectivity index (χ3n) is 6.75. The Labute approximate surface area is 222 Å². The Bertz CT molecular complexity index is 1430. The highest BCUT2D eigenvalue weighted by atomic mass is 16.5. The molecular formula is C29H33N7O2. The molecule has 2 aromatic heterocycles. The van der Waals surface area contributed by atoms with Gasteiger partial charge in [-0.25, -0.2) is 4.98 Å². The third-order valence-corrected chi connectivity index (χ3v) is 6.75. The lowest BCUT2D eigenvalue weighted by Crippen LogP contribution is -2.44. The van der Waals surface area contributed by atoms with Gasteiger partial charge in [0, 0.05) is 55.5 Å². The molecule has 0 spiro atoms. The average Bonchev–Trinajstić information content (AvgIpc) is 2.94. The van der Waals surface area contributed by atoms with Gasteiger partial charge in [-0.3, -0.25) is 4.79 Å². The fraction of sp³-hybridized carbons (Fsp3) is 0.276. The molecule has 0 bridgehead atoms. The van der Waals surface area contributed by atoms with E-state index in [1.165, 1.54) is 5.69 Å². The van der Waals surface area contributed by atoms with Gasteiger partial charge in [-0.1, -0.05) is 12.1 Å². The van der Waals surface area contributed by atoms with Gasteiger partial charge in [0.05, 0.1) is 13.7 Å². The van der Waals surface area contributed by atoms with Crippen molar-refractivity contribution in [2.24, 2.45) is 0 Å². The summed E-state index contributed by atoms with van der Waals surface area (Å²) in [7, 11) is 3.79. The fourth-order valence-corrected chi connectivity index (χ4v) is 4.39. The van der Waals surface area contributed by atoms with E-state index in [0.717, 1.165) is 48.7 Å². The summed E-state index contributed by atoms with van der Waals surface area (Å²) in [6, 6.07) is 19.6. The minimum Gasteiger partial charge on any atom is -0.497 e. The first-order valence-electron chi connectivity index (χ1n) is 12.7. The highest BCUT2D eigenvalue weighted by molar-refractivity contribution is 5.63. The fourth-order valence-electron chi connectivity index (χ4n) is 4.39. The molecule has 5 rings (SSSR count). The lowest BCUT2D eigenvalue weighted by Gasteiger charge is -2.34. The number of hydrogen-bond donors (Lipinski definition) is 2. The van der Waals surface area contributed by atoms with Gasteiger partial charge in [-0.05, 0) is 68.1 Å². The highest BCUT2D eigenvalue weighted by Gasteiger charge is 2.14. The molecule has 0 radical (unpaired) electrons. The van der Waals surface area contributed by atoms with Crippen molar-refractivity contribution >= 4 is 28.8 Å². The standard InChI is InChI=1S/C29H33N7O2/c1-21-19-30-29(31-23-8-10-24(11-9-23)35-17-15-34(2)16-18-35)33-27(21)32-26-5-4-14-36(28(26)37)20-22-6-12-25(38-3)13-7-22/h4-14,19H,15-18,20H2,1-3H3,(H2,30,31,32,33). The number of rotatable bonds is 8. The first kappa shape index (κ1) is 25.3. The minimum absolute atomic E-state index is 0.129. The van der Waals surface area contributed by atoms with Gasteiger partial charge in [0.15, 0.2) is 0 Å². The Morgan fingerprint density at radius 3 is 2.39 bits per heavy atom. The van der Waals surface area contributed by atoms with Crippen LogP contribution in [0.15, 0.2) is 77.9 Å². The molecule has 9 nitrogen and oxygen atoms in total. The molecule has 0 amide bonds. The third kappa shape index (κ3) is 5.95. The van der Waals surface area contributed by atoms with Gasteiger partial charge in [-0.2, -0.15) is 4.98 Å². The lowest BCUT2D eigenvalue weighted by atomic mass is 10.2. The Kier molecular flexibility index (Phi) is 7.55. The molecule has 0 unspecified atom stereocenters. The molecule has 9 heteroatoms. The van der Waals surface area contributed by atoms with E-state index < -0.39 is 0 Å². The van der Waals surface area contributed by atoms with Crippen LogP contribution in [-0.2, 0) is 6.54 Å². The monoisotopic (exact) mass is 511 g/mol. The average molecular weight is 512 g/mol. The number of ether oxygens (including phenoxy) is 1. The molecule has 38 heavy (non-hydrogen) atoms. The van der Waals surface area contributed by atoms with Crippen molar-refractivity contribution in [1.29, 1.82) is 0 Å². The quantitative estimate of drug-likeness (QED) is 0.363. The van der Waals surface area contributed by atoms with E-state index in [1.807, 2.05) is 49.4 Å². The minimum atomic E-state index is -0.129. The number of likely N-dealkylation sites (N-methyl/N-ethyl adjacent to an activating group) is 1. The molecule has 4 aromatic rings. The summed E-state index contributed by atoms with van der Waals surface area (Å²) in [6.45, 7) is 6.57. The lowest BCUT2D eigenvalue weighted by molar-refractivity contribution is 0.313. The number of nitrogens with one attached hydrogen (secondary N) is 2. The SMILES string of the molecule is COc1ccc(Cn2cccc(Nc3nc(Nc4ccc(N5CCN(C)CC5)cc4)ncc3C)c2=O)cc1. The topological polar surface area (TPSA) is 87.6 Å². The smallest absolute Gasteiger partial charge is 0.274 e. The van der Waals surface area contributed by atoms with Crippen molar-refractivity contribution in [1.82, 2.24) is 19.4 Å². The number of aromatic nitrogens is 3. The molecule has 196 valence electrons. The molecule has 1 aliphatic rings. The summed E-state index contributed by atoms with van der Waals surface area (Å²) < 4.78 is 6.89. The largest absolute Gasteiger partial charge is 0.497 e. The van der Waals surface area contributed by atoms with Crippen LogP contribution in [0.2, 0.25) is 0 Å². The number of piperazine rings is 1. The summed E-state index contributed by atoms with van der Waals surface area (Å²) in [5.41, 5.74) is 4.28. The molecule has 1 aliphatic heterocycles. The zero-order valence-electron chi connectivity index (χ0n) is 22.0. The van der Waals surface area contributed by atoms with Crippen LogP contribution in [-0.4, -0.2) is 59.8 Å². The van der Waals surface area contributed by atoms with Crippen LogP contribution < -0.4 is 25.8 Å². The van der Waals surface area contributed by atoms with Gasteiger partial charge in [0.2, 0.25) is 5.95 Å². The maximum Gasteiger partial charge on any atom is 0.274 e. The normalized spacial score (nSPS) is 13.8. The molecule has 2 N–H and O–H groups in total. The van der Waals surface area contributed by atoms with Crippen LogP contribution in [0.5, 0.6) is 5.75 Å². The predicted molar refractivity (Wildman–Crippen MR) is 152 cm³/mol. The van der Waals surface area contributed by atoms with Crippen molar-refractivity contribution in [2.75, 3.05) is 55.9 Å². The number of hydrogen-bond acceptors (Lipinski definition) is 8. The van der Waals surface area contributed by atoms with Crippen LogP contribution in [0, 0.1) is 6.92 Å². The Morgan fingerprint density at radius 1 is 0.947 bits per heavy atom. The van der Waals surface area contributed by atoms with Crippen molar-refractivity contribution in [3.05, 3.63) is 94.5 Å². The van der Waals surface area contributed by atoms with Gasteiger partial charge >= 0.3 is 0 Å². The highest BCUT2D eigenvalue weighted by Crippen LogP contribution is 2.23. The molecule has 2 aromatic carbocycles. The van der Waals surface area contributed by atoms with Crippen LogP contribution in [0.4, 0.5) is 28.8 Å². The van der Waals surface area contributed by atoms with Crippen LogP contribution in [0.25, 0.3) is 0 Å². The van der Waals surface area contributed by atoms with Crippen molar-refractivity contribution in [2.45, 2.75) is 13.5 Å². The molecule has 1 fully saturated rings. The van der Waals surface area contributed by atoms with Crippen molar-refractivity contribution < 1.29 is 4.74 Å². The van der Waals surface area contributed by atoms with E-state index in [4.69, 9.17) is 4.74 Å². The van der Waals surface area contributed by atoms with Gasteiger partial charge in [0.1, 0.15) is 17.3 Å². The van der Waals surface area contributed by atoms with Crippen LogP contribution in [0.1, 0.15) is 11.1 Å². The van der Waals surface area contributed by atoms with Gasteiger partial charge in [-0.15, -0.1) is 0 Å². The zero-order valence-corrected chi connectivity index (χ0v) is 22.0. The summed E-state index contributed by atoms with van der Waals surface area (Å²) in [6.07, 6.45) is 3.53. The van der Waals surface area contributed by atoms with E-state index in [2.05, 4.69) is 49.6 Å². The first-order chi connectivity index (χ1) is 18.5. The molecule has 0 saturated carbocycles. The van der Waals surface area contributed by atoms with Crippen LogP contribution in [0.3, 0.4) is 0 Å². The first-order valence-corrected chi connectivity index (χ1v) is 12.7. The molecular weight excluding hydrogens is 478 g/mol. The molecule has 3 heterocycles. The second-order valence-electron chi connectivity index (χ2n) is 9.52. The Hall–Kier alpha value is -4.37. The summed E-state index contributed by atoms with van der Waals surface area (Å²) >= 11 is 0. The number of pyridine rings is 1. The van der Waals surface area contributed by atoms with E-state index in [9.17, 15) is 4.79 Å². The van der Waals surface area contributed by atoms with E-state index >= 15 is 0 Å². The maximum atomic E-state index is 13.2. The van der Waals surface area contributed by atoms with Crippen LogP contribution >= 0.6 is 0 Å².